The number of aryl methyl sites for hydroxylation is 2. The van der Waals surface area contributed by atoms with Gasteiger partial charge in [-0.1, -0.05) is 26.0 Å². The van der Waals surface area contributed by atoms with E-state index in [0.717, 1.165) is 24.2 Å². The van der Waals surface area contributed by atoms with Gasteiger partial charge < -0.3 is 9.84 Å². The third kappa shape index (κ3) is 2.47. The van der Waals surface area contributed by atoms with E-state index in [2.05, 4.69) is 45.0 Å². The van der Waals surface area contributed by atoms with E-state index in [4.69, 9.17) is 4.74 Å². The van der Waals surface area contributed by atoms with E-state index in [1.54, 1.807) is 7.11 Å². The summed E-state index contributed by atoms with van der Waals surface area (Å²) in [7, 11) is 1.72. The number of benzene rings is 2. The van der Waals surface area contributed by atoms with E-state index >= 15 is 0 Å². The van der Waals surface area contributed by atoms with Gasteiger partial charge in [0.1, 0.15) is 11.5 Å². The van der Waals surface area contributed by atoms with E-state index in [1.165, 1.54) is 22.3 Å². The molecule has 0 aromatic heterocycles. The van der Waals surface area contributed by atoms with Gasteiger partial charge in [0.2, 0.25) is 0 Å². The largest absolute Gasteiger partial charge is 0.508 e. The van der Waals surface area contributed by atoms with Gasteiger partial charge in [0.25, 0.3) is 0 Å². The Balaban J connectivity index is 2.05. The first-order valence-corrected chi connectivity index (χ1v) is 8.01. The fourth-order valence-electron chi connectivity index (χ4n) is 3.69. The fourth-order valence-corrected chi connectivity index (χ4v) is 3.69. The highest BCUT2D eigenvalue weighted by molar-refractivity contribution is 5.52. The van der Waals surface area contributed by atoms with Gasteiger partial charge in [-0.3, -0.25) is 0 Å². The molecular formula is C20H24O2. The lowest BCUT2D eigenvalue weighted by atomic mass is 9.87. The molecule has 2 aromatic rings. The first kappa shape index (κ1) is 15.0. The number of aromatic hydroxyl groups is 1. The van der Waals surface area contributed by atoms with Crippen LogP contribution >= 0.6 is 0 Å². The van der Waals surface area contributed by atoms with Gasteiger partial charge in [0.05, 0.1) is 7.11 Å². The molecule has 0 saturated carbocycles. The monoisotopic (exact) mass is 296 g/mol. The summed E-state index contributed by atoms with van der Waals surface area (Å²) < 4.78 is 5.39. The third-order valence-electron chi connectivity index (χ3n) is 4.81. The Labute approximate surface area is 132 Å². The topological polar surface area (TPSA) is 29.5 Å². The highest BCUT2D eigenvalue weighted by atomic mass is 16.5. The molecule has 1 atom stereocenters. The van der Waals surface area contributed by atoms with Gasteiger partial charge in [-0.2, -0.15) is 0 Å². The SMILES string of the molecule is COc1cc(C)c2c(c1)CC[C@@H]2c1ccc(O)c(C(C)C)c1. The first-order valence-electron chi connectivity index (χ1n) is 8.01. The van der Waals surface area contributed by atoms with Crippen LogP contribution in [0, 0.1) is 6.92 Å². The maximum Gasteiger partial charge on any atom is 0.119 e. The molecule has 2 nitrogen and oxygen atoms in total. The number of methoxy groups -OCH3 is 1. The molecule has 1 aliphatic carbocycles. The molecule has 2 aromatic carbocycles. The molecule has 0 heterocycles. The number of ether oxygens (including phenoxy) is 1. The van der Waals surface area contributed by atoms with Gasteiger partial charge >= 0.3 is 0 Å². The molecule has 0 radical (unpaired) electrons. The molecule has 0 saturated heterocycles. The minimum Gasteiger partial charge on any atom is -0.508 e. The van der Waals surface area contributed by atoms with Crippen molar-refractivity contribution < 1.29 is 9.84 Å². The summed E-state index contributed by atoms with van der Waals surface area (Å²) in [6, 6.07) is 10.4. The van der Waals surface area contributed by atoms with Crippen molar-refractivity contribution >= 4 is 0 Å². The molecule has 1 N–H and O–H groups in total. The lowest BCUT2D eigenvalue weighted by Crippen LogP contribution is -2.01. The minimum absolute atomic E-state index is 0.331. The van der Waals surface area contributed by atoms with Crippen molar-refractivity contribution in [2.24, 2.45) is 0 Å². The average Bonchev–Trinajstić information content (AvgIpc) is 2.91. The maximum atomic E-state index is 10.0. The third-order valence-corrected chi connectivity index (χ3v) is 4.81. The van der Waals surface area contributed by atoms with Crippen LogP contribution in [0.25, 0.3) is 0 Å². The summed E-state index contributed by atoms with van der Waals surface area (Å²) in [6.07, 6.45) is 2.22. The van der Waals surface area contributed by atoms with Gasteiger partial charge in [-0.15, -0.1) is 0 Å². The Morgan fingerprint density at radius 2 is 1.95 bits per heavy atom. The smallest absolute Gasteiger partial charge is 0.119 e. The molecule has 0 fully saturated rings. The summed E-state index contributed by atoms with van der Waals surface area (Å²) in [6.45, 7) is 6.42. The van der Waals surface area contributed by atoms with Crippen LogP contribution < -0.4 is 4.74 Å². The molecule has 116 valence electrons. The fraction of sp³-hybridized carbons (Fsp3) is 0.400. The van der Waals surface area contributed by atoms with Crippen molar-refractivity contribution in [1.82, 2.24) is 0 Å². The van der Waals surface area contributed by atoms with Crippen molar-refractivity contribution in [3.8, 4) is 11.5 Å². The van der Waals surface area contributed by atoms with Crippen LogP contribution in [0.4, 0.5) is 0 Å². The van der Waals surface area contributed by atoms with Crippen molar-refractivity contribution in [2.75, 3.05) is 7.11 Å². The number of phenolic OH excluding ortho intramolecular Hbond substituents is 1. The Morgan fingerprint density at radius 3 is 2.64 bits per heavy atom. The molecule has 1 aliphatic rings. The Hall–Kier alpha value is -1.96. The number of phenols is 1. The minimum atomic E-state index is 0.331. The average molecular weight is 296 g/mol. The van der Waals surface area contributed by atoms with Crippen LogP contribution in [0.15, 0.2) is 30.3 Å². The summed E-state index contributed by atoms with van der Waals surface area (Å²) in [5.74, 6) is 2.12. The number of rotatable bonds is 3. The number of hydrogen-bond donors (Lipinski definition) is 1. The zero-order valence-corrected chi connectivity index (χ0v) is 13.8. The second-order valence-corrected chi connectivity index (χ2v) is 6.58. The van der Waals surface area contributed by atoms with Crippen LogP contribution in [-0.2, 0) is 6.42 Å². The maximum absolute atomic E-state index is 10.0. The Kier molecular flexibility index (Phi) is 3.86. The number of fused-ring (bicyclic) bond motifs is 1. The lowest BCUT2D eigenvalue weighted by molar-refractivity contribution is 0.414. The number of hydrogen-bond acceptors (Lipinski definition) is 2. The first-order chi connectivity index (χ1) is 10.5. The van der Waals surface area contributed by atoms with Crippen LogP contribution in [-0.4, -0.2) is 12.2 Å². The molecule has 0 unspecified atom stereocenters. The van der Waals surface area contributed by atoms with Gasteiger partial charge in [-0.05, 0) is 71.7 Å². The predicted molar refractivity (Wildman–Crippen MR) is 90.1 cm³/mol. The van der Waals surface area contributed by atoms with Crippen LogP contribution in [0.1, 0.15) is 59.9 Å². The van der Waals surface area contributed by atoms with E-state index in [-0.39, 0.29) is 0 Å². The second kappa shape index (κ2) is 5.68. The van der Waals surface area contributed by atoms with E-state index in [9.17, 15) is 5.11 Å². The van der Waals surface area contributed by atoms with Crippen LogP contribution in [0.5, 0.6) is 11.5 Å². The standard InChI is InChI=1S/C20H24O2/c1-12(2)18-11-14(6-8-19(18)21)17-7-5-15-10-16(22-4)9-13(3)20(15)17/h6,8-12,17,21H,5,7H2,1-4H3/t17-/m1/s1. The molecule has 3 rings (SSSR count). The van der Waals surface area contributed by atoms with Crippen molar-refractivity contribution in [1.29, 1.82) is 0 Å². The normalized spacial score (nSPS) is 16.9. The molecule has 0 amide bonds. The van der Waals surface area contributed by atoms with Crippen LogP contribution in [0.3, 0.4) is 0 Å². The summed E-state index contributed by atoms with van der Waals surface area (Å²) >= 11 is 0. The van der Waals surface area contributed by atoms with E-state index < -0.39 is 0 Å². The molecular weight excluding hydrogens is 272 g/mol. The molecule has 22 heavy (non-hydrogen) atoms. The van der Waals surface area contributed by atoms with E-state index in [0.29, 0.717) is 17.6 Å². The molecule has 0 bridgehead atoms. The van der Waals surface area contributed by atoms with Crippen molar-refractivity contribution in [3.05, 3.63) is 58.1 Å². The highest BCUT2D eigenvalue weighted by Gasteiger charge is 2.27. The summed E-state index contributed by atoms with van der Waals surface area (Å²) in [5, 5.41) is 10.0. The second-order valence-electron chi connectivity index (χ2n) is 6.58. The quantitative estimate of drug-likeness (QED) is 0.872. The predicted octanol–water partition coefficient (Wildman–Crippen LogP) is 4.91. The molecule has 0 aliphatic heterocycles. The van der Waals surface area contributed by atoms with Gasteiger partial charge in [0, 0.05) is 5.92 Å². The van der Waals surface area contributed by atoms with Crippen molar-refractivity contribution in [2.45, 2.75) is 45.4 Å². The zero-order chi connectivity index (χ0) is 15.9. The van der Waals surface area contributed by atoms with Gasteiger partial charge in [-0.25, -0.2) is 0 Å². The van der Waals surface area contributed by atoms with Crippen LogP contribution in [0.2, 0.25) is 0 Å². The Morgan fingerprint density at radius 1 is 1.18 bits per heavy atom. The van der Waals surface area contributed by atoms with Crippen molar-refractivity contribution in [3.63, 3.8) is 0 Å². The van der Waals surface area contributed by atoms with Gasteiger partial charge in [0.15, 0.2) is 0 Å². The molecule has 0 spiro atoms. The Bertz CT molecular complexity index is 701. The summed E-state index contributed by atoms with van der Waals surface area (Å²) in [5.41, 5.74) is 6.50. The lowest BCUT2D eigenvalue weighted by Gasteiger charge is -2.18. The highest BCUT2D eigenvalue weighted by Crippen LogP contribution is 2.43. The zero-order valence-electron chi connectivity index (χ0n) is 13.8. The summed E-state index contributed by atoms with van der Waals surface area (Å²) in [4.78, 5) is 0. The van der Waals surface area contributed by atoms with E-state index in [1.807, 2.05) is 6.07 Å². The molecule has 2 heteroatoms.